The number of rotatable bonds is 7. The fourth-order valence-electron chi connectivity index (χ4n) is 3.06. The quantitative estimate of drug-likeness (QED) is 0.489. The fraction of sp³-hybridized carbons (Fsp3) is 0.318. The molecule has 0 saturated carbocycles. The lowest BCUT2D eigenvalue weighted by Gasteiger charge is -2.22. The van der Waals surface area contributed by atoms with E-state index in [0.29, 0.717) is 11.1 Å². The van der Waals surface area contributed by atoms with Crippen LogP contribution in [-0.4, -0.2) is 54.5 Å². The van der Waals surface area contributed by atoms with Gasteiger partial charge < -0.3 is 18.9 Å². The third kappa shape index (κ3) is 5.40. The van der Waals surface area contributed by atoms with Crippen LogP contribution in [0.25, 0.3) is 0 Å². The fourth-order valence-corrected chi connectivity index (χ4v) is 3.90. The molecule has 0 aliphatic carbocycles. The zero-order valence-corrected chi connectivity index (χ0v) is 17.4. The molecule has 158 valence electrons. The van der Waals surface area contributed by atoms with Crippen LogP contribution in [0.4, 0.5) is 0 Å². The first kappa shape index (κ1) is 21.9. The molecule has 0 aromatic heterocycles. The zero-order valence-electron chi connectivity index (χ0n) is 16.6. The first-order valence-electron chi connectivity index (χ1n) is 9.33. The van der Waals surface area contributed by atoms with Crippen molar-refractivity contribution in [3.63, 3.8) is 0 Å². The monoisotopic (exact) mass is 430 g/mol. The minimum atomic E-state index is -0.925. The molecule has 0 N–H and O–H groups in total. The summed E-state index contributed by atoms with van der Waals surface area (Å²) >= 11 is 1.34. The molecular formula is C22H22O7S. The number of ether oxygens (including phenoxy) is 4. The minimum Gasteiger partial charge on any atom is -0.459 e. The molecule has 0 amide bonds. The summed E-state index contributed by atoms with van der Waals surface area (Å²) in [7, 11) is 0. The third-order valence-electron chi connectivity index (χ3n) is 4.46. The van der Waals surface area contributed by atoms with E-state index in [-0.39, 0.29) is 6.61 Å². The van der Waals surface area contributed by atoms with Crippen molar-refractivity contribution in [2.75, 3.05) is 12.9 Å². The van der Waals surface area contributed by atoms with Crippen molar-refractivity contribution in [2.45, 2.75) is 30.7 Å². The molecule has 2 aromatic rings. The molecule has 3 rings (SSSR count). The van der Waals surface area contributed by atoms with Gasteiger partial charge in [0.15, 0.2) is 0 Å². The highest BCUT2D eigenvalue weighted by Gasteiger charge is 2.49. The van der Waals surface area contributed by atoms with Crippen molar-refractivity contribution in [3.8, 4) is 0 Å². The van der Waals surface area contributed by atoms with Gasteiger partial charge in [-0.15, -0.1) is 0 Å². The SMILES string of the molecule is CS[C@@H]1[C@H](OC(C)=O)O[C@@H](COC(=O)c2ccccc2)[C@H]1OC(=O)c1ccccc1. The molecule has 1 aliphatic heterocycles. The Labute approximate surface area is 178 Å². The third-order valence-corrected chi connectivity index (χ3v) is 5.50. The van der Waals surface area contributed by atoms with Crippen molar-refractivity contribution >= 4 is 29.7 Å². The molecule has 2 aromatic carbocycles. The molecule has 1 heterocycles. The van der Waals surface area contributed by atoms with Crippen LogP contribution >= 0.6 is 11.8 Å². The van der Waals surface area contributed by atoms with Gasteiger partial charge in [0.25, 0.3) is 0 Å². The second-order valence-corrected chi connectivity index (χ2v) is 7.57. The number of esters is 3. The highest BCUT2D eigenvalue weighted by Crippen LogP contribution is 2.33. The average molecular weight is 430 g/mol. The number of carbonyl (C=O) groups excluding carboxylic acids is 3. The molecular weight excluding hydrogens is 408 g/mol. The van der Waals surface area contributed by atoms with Crippen LogP contribution in [0.2, 0.25) is 0 Å². The van der Waals surface area contributed by atoms with E-state index in [1.807, 2.05) is 0 Å². The van der Waals surface area contributed by atoms with Crippen LogP contribution in [0.3, 0.4) is 0 Å². The van der Waals surface area contributed by atoms with Crippen molar-refractivity contribution < 1.29 is 33.3 Å². The summed E-state index contributed by atoms with van der Waals surface area (Å²) in [6.45, 7) is 1.11. The highest BCUT2D eigenvalue weighted by molar-refractivity contribution is 7.99. The molecule has 7 nitrogen and oxygen atoms in total. The summed E-state index contributed by atoms with van der Waals surface area (Å²) in [5.41, 5.74) is 0.777. The molecule has 30 heavy (non-hydrogen) atoms. The number of hydrogen-bond donors (Lipinski definition) is 0. The Hall–Kier alpha value is -2.84. The second kappa shape index (κ2) is 10.3. The lowest BCUT2D eigenvalue weighted by Crippen LogP contribution is -2.38. The van der Waals surface area contributed by atoms with E-state index < -0.39 is 41.7 Å². The van der Waals surface area contributed by atoms with Gasteiger partial charge in [-0.1, -0.05) is 36.4 Å². The molecule has 1 saturated heterocycles. The molecule has 4 atom stereocenters. The van der Waals surface area contributed by atoms with Crippen molar-refractivity contribution in [2.24, 2.45) is 0 Å². The van der Waals surface area contributed by atoms with E-state index >= 15 is 0 Å². The van der Waals surface area contributed by atoms with Crippen LogP contribution in [0.15, 0.2) is 60.7 Å². The number of carbonyl (C=O) groups is 3. The first-order valence-corrected chi connectivity index (χ1v) is 10.6. The second-order valence-electron chi connectivity index (χ2n) is 6.55. The smallest absolute Gasteiger partial charge is 0.338 e. The summed E-state index contributed by atoms with van der Waals surface area (Å²) in [5.74, 6) is -1.58. The predicted molar refractivity (Wildman–Crippen MR) is 110 cm³/mol. The Balaban J connectivity index is 1.74. The van der Waals surface area contributed by atoms with Gasteiger partial charge in [-0.2, -0.15) is 11.8 Å². The van der Waals surface area contributed by atoms with Crippen molar-refractivity contribution in [1.29, 1.82) is 0 Å². The summed E-state index contributed by atoms with van der Waals surface area (Å²) < 4.78 is 22.1. The molecule has 1 aliphatic rings. The summed E-state index contributed by atoms with van der Waals surface area (Å²) in [4.78, 5) is 36.3. The van der Waals surface area contributed by atoms with Gasteiger partial charge in [0.05, 0.1) is 11.1 Å². The van der Waals surface area contributed by atoms with E-state index in [1.54, 1.807) is 66.9 Å². The van der Waals surface area contributed by atoms with Gasteiger partial charge in [0, 0.05) is 6.92 Å². The number of thioether (sulfide) groups is 1. The molecule has 0 spiro atoms. The molecule has 0 radical (unpaired) electrons. The van der Waals surface area contributed by atoms with E-state index in [2.05, 4.69) is 0 Å². The largest absolute Gasteiger partial charge is 0.459 e. The van der Waals surface area contributed by atoms with Crippen molar-refractivity contribution in [3.05, 3.63) is 71.8 Å². The summed E-state index contributed by atoms with van der Waals surface area (Å²) in [6.07, 6.45) is -0.689. The maximum absolute atomic E-state index is 12.6. The Morgan fingerprint density at radius 1 is 0.900 bits per heavy atom. The number of hydrogen-bond acceptors (Lipinski definition) is 8. The van der Waals surface area contributed by atoms with Crippen LogP contribution in [0.5, 0.6) is 0 Å². The molecule has 1 fully saturated rings. The van der Waals surface area contributed by atoms with E-state index in [1.165, 1.54) is 18.7 Å². The maximum atomic E-state index is 12.6. The van der Waals surface area contributed by atoms with Crippen LogP contribution in [0, 0.1) is 0 Å². The zero-order chi connectivity index (χ0) is 21.5. The van der Waals surface area contributed by atoms with Gasteiger partial charge in [-0.25, -0.2) is 9.59 Å². The minimum absolute atomic E-state index is 0.157. The van der Waals surface area contributed by atoms with Gasteiger partial charge in [0.1, 0.15) is 24.1 Å². The Kier molecular flexibility index (Phi) is 7.48. The van der Waals surface area contributed by atoms with Crippen LogP contribution in [0.1, 0.15) is 27.6 Å². The topological polar surface area (TPSA) is 88.1 Å². The normalized spacial score (nSPS) is 22.9. The van der Waals surface area contributed by atoms with Gasteiger partial charge in [-0.05, 0) is 30.5 Å². The lowest BCUT2D eigenvalue weighted by atomic mass is 10.1. The van der Waals surface area contributed by atoms with Gasteiger partial charge in [0.2, 0.25) is 6.29 Å². The van der Waals surface area contributed by atoms with E-state index in [0.717, 1.165) is 0 Å². The molecule has 0 unspecified atom stereocenters. The number of benzene rings is 2. The van der Waals surface area contributed by atoms with E-state index in [4.69, 9.17) is 18.9 Å². The lowest BCUT2D eigenvalue weighted by molar-refractivity contribution is -0.174. The Morgan fingerprint density at radius 2 is 1.47 bits per heavy atom. The van der Waals surface area contributed by atoms with Gasteiger partial charge in [-0.3, -0.25) is 4.79 Å². The predicted octanol–water partition coefficient (Wildman–Crippen LogP) is 3.09. The maximum Gasteiger partial charge on any atom is 0.338 e. The molecule has 0 bridgehead atoms. The standard InChI is InChI=1S/C22H22O7S/c1-14(23)27-22-19(30-2)18(29-21(25)16-11-7-4-8-12-16)17(28-22)13-26-20(24)15-9-5-3-6-10-15/h3-12,17-19,22H,13H2,1-2H3/t17-,18+,19-,22+/m0/s1. The average Bonchev–Trinajstić information content (AvgIpc) is 3.08. The van der Waals surface area contributed by atoms with Crippen LogP contribution in [-0.2, 0) is 23.7 Å². The highest BCUT2D eigenvalue weighted by atomic mass is 32.2. The van der Waals surface area contributed by atoms with Crippen molar-refractivity contribution in [1.82, 2.24) is 0 Å². The Bertz CT molecular complexity index is 872. The molecule has 8 heteroatoms. The van der Waals surface area contributed by atoms with Gasteiger partial charge >= 0.3 is 17.9 Å². The Morgan fingerprint density at radius 3 is 2.00 bits per heavy atom. The first-order chi connectivity index (χ1) is 14.5. The van der Waals surface area contributed by atoms with Crippen LogP contribution < -0.4 is 0 Å². The van der Waals surface area contributed by atoms with E-state index in [9.17, 15) is 14.4 Å². The summed E-state index contributed by atoms with van der Waals surface area (Å²) in [6, 6.07) is 17.1. The summed E-state index contributed by atoms with van der Waals surface area (Å²) in [5, 5.41) is -0.470.